The van der Waals surface area contributed by atoms with E-state index in [9.17, 15) is 9.59 Å². The van der Waals surface area contributed by atoms with Gasteiger partial charge in [0.25, 0.3) is 0 Å². The van der Waals surface area contributed by atoms with Gasteiger partial charge in [0.1, 0.15) is 6.42 Å². The SMILES string of the molecule is O=C(O)CC(=O)N(CCO)C1CCC1. The molecule has 0 bridgehead atoms. The first-order chi connectivity index (χ1) is 6.65. The number of aliphatic hydroxyl groups is 1. The Morgan fingerprint density at radius 1 is 1.36 bits per heavy atom. The highest BCUT2D eigenvalue weighted by Gasteiger charge is 2.28. The first kappa shape index (κ1) is 11.0. The maximum Gasteiger partial charge on any atom is 0.312 e. The van der Waals surface area contributed by atoms with Gasteiger partial charge in [-0.3, -0.25) is 9.59 Å². The summed E-state index contributed by atoms with van der Waals surface area (Å²) in [6.45, 7) is 0.138. The third kappa shape index (κ3) is 2.70. The molecule has 1 aliphatic carbocycles. The molecule has 0 aromatic rings. The molecule has 1 aliphatic rings. The fourth-order valence-corrected chi connectivity index (χ4v) is 1.55. The number of carboxylic acid groups (broad SMARTS) is 1. The van der Waals surface area contributed by atoms with Crippen molar-refractivity contribution in [2.45, 2.75) is 31.7 Å². The van der Waals surface area contributed by atoms with Crippen LogP contribution in [0.2, 0.25) is 0 Å². The molecule has 1 saturated carbocycles. The van der Waals surface area contributed by atoms with Gasteiger partial charge in [-0.1, -0.05) is 0 Å². The van der Waals surface area contributed by atoms with Gasteiger partial charge in [-0.15, -0.1) is 0 Å². The van der Waals surface area contributed by atoms with Gasteiger partial charge in [0, 0.05) is 12.6 Å². The third-order valence-electron chi connectivity index (χ3n) is 2.48. The molecule has 2 N–H and O–H groups in total. The number of nitrogens with zero attached hydrogens (tertiary/aromatic N) is 1. The van der Waals surface area contributed by atoms with Crippen LogP contribution in [0.25, 0.3) is 0 Å². The lowest BCUT2D eigenvalue weighted by atomic mass is 9.91. The normalized spacial score (nSPS) is 16.1. The molecule has 0 spiro atoms. The van der Waals surface area contributed by atoms with E-state index >= 15 is 0 Å². The number of carboxylic acids is 1. The summed E-state index contributed by atoms with van der Waals surface area (Å²) in [5, 5.41) is 17.2. The Kier molecular flexibility index (Phi) is 3.88. The number of aliphatic carboxylic acids is 1. The Morgan fingerprint density at radius 2 is 2.00 bits per heavy atom. The molecule has 0 aromatic carbocycles. The van der Waals surface area contributed by atoms with E-state index in [0.29, 0.717) is 0 Å². The molecule has 0 aliphatic heterocycles. The number of carbonyl (C=O) groups is 2. The van der Waals surface area contributed by atoms with Crippen LogP contribution in [-0.2, 0) is 9.59 Å². The predicted molar refractivity (Wildman–Crippen MR) is 48.7 cm³/mol. The Hall–Kier alpha value is -1.10. The molecule has 0 saturated heterocycles. The van der Waals surface area contributed by atoms with Gasteiger partial charge < -0.3 is 15.1 Å². The van der Waals surface area contributed by atoms with Gasteiger partial charge in [-0.2, -0.15) is 0 Å². The van der Waals surface area contributed by atoms with E-state index in [1.54, 1.807) is 0 Å². The van der Waals surface area contributed by atoms with E-state index in [2.05, 4.69) is 0 Å². The molecule has 0 atom stereocenters. The van der Waals surface area contributed by atoms with Crippen molar-refractivity contribution in [2.24, 2.45) is 0 Å². The molecule has 5 nitrogen and oxygen atoms in total. The van der Waals surface area contributed by atoms with E-state index in [0.717, 1.165) is 19.3 Å². The molecule has 0 heterocycles. The first-order valence-electron chi connectivity index (χ1n) is 4.77. The second-order valence-electron chi connectivity index (χ2n) is 3.47. The number of aliphatic hydroxyl groups excluding tert-OH is 1. The lowest BCUT2D eigenvalue weighted by Gasteiger charge is -2.37. The number of amides is 1. The third-order valence-corrected chi connectivity index (χ3v) is 2.48. The highest BCUT2D eigenvalue weighted by Crippen LogP contribution is 2.24. The summed E-state index contributed by atoms with van der Waals surface area (Å²) < 4.78 is 0. The summed E-state index contributed by atoms with van der Waals surface area (Å²) in [7, 11) is 0. The van der Waals surface area contributed by atoms with Gasteiger partial charge in [-0.25, -0.2) is 0 Å². The fourth-order valence-electron chi connectivity index (χ4n) is 1.55. The Bertz CT molecular complexity index is 225. The van der Waals surface area contributed by atoms with Gasteiger partial charge in [0.15, 0.2) is 0 Å². The molecule has 5 heteroatoms. The van der Waals surface area contributed by atoms with E-state index in [1.807, 2.05) is 0 Å². The molecule has 0 radical (unpaired) electrons. The Balaban J connectivity index is 2.47. The molecule has 0 unspecified atom stereocenters. The van der Waals surface area contributed by atoms with Crippen molar-refractivity contribution in [1.29, 1.82) is 0 Å². The lowest BCUT2D eigenvalue weighted by molar-refractivity contribution is -0.146. The summed E-state index contributed by atoms with van der Waals surface area (Å²) >= 11 is 0. The van der Waals surface area contributed by atoms with Crippen LogP contribution in [0.3, 0.4) is 0 Å². The van der Waals surface area contributed by atoms with Crippen molar-refractivity contribution >= 4 is 11.9 Å². The summed E-state index contributed by atoms with van der Waals surface area (Å²) in [4.78, 5) is 23.2. The number of hydrogen-bond acceptors (Lipinski definition) is 3. The molecular formula is C9H15NO4. The maximum atomic E-state index is 11.4. The second-order valence-corrected chi connectivity index (χ2v) is 3.47. The summed E-state index contributed by atoms with van der Waals surface area (Å²) in [6, 6.07) is 0.147. The minimum absolute atomic E-state index is 0.109. The van der Waals surface area contributed by atoms with Gasteiger partial charge in [0.05, 0.1) is 6.61 Å². The minimum Gasteiger partial charge on any atom is -0.481 e. The van der Waals surface area contributed by atoms with Crippen LogP contribution in [0.4, 0.5) is 0 Å². The molecular weight excluding hydrogens is 186 g/mol. The lowest BCUT2D eigenvalue weighted by Crippen LogP contribution is -2.46. The van der Waals surface area contributed by atoms with Crippen LogP contribution in [-0.4, -0.2) is 46.2 Å². The largest absolute Gasteiger partial charge is 0.481 e. The van der Waals surface area contributed by atoms with Crippen molar-refractivity contribution in [2.75, 3.05) is 13.2 Å². The molecule has 14 heavy (non-hydrogen) atoms. The molecule has 1 fully saturated rings. The average molecular weight is 201 g/mol. The van der Waals surface area contributed by atoms with Crippen molar-refractivity contribution in [1.82, 2.24) is 4.90 Å². The van der Waals surface area contributed by atoms with E-state index in [-0.39, 0.29) is 19.2 Å². The molecule has 1 rings (SSSR count). The predicted octanol–water partition coefficient (Wildman–Crippen LogP) is -0.165. The molecule has 80 valence electrons. The number of rotatable bonds is 5. The fraction of sp³-hybridized carbons (Fsp3) is 0.778. The van der Waals surface area contributed by atoms with Crippen LogP contribution in [0.15, 0.2) is 0 Å². The molecule has 1 amide bonds. The highest BCUT2D eigenvalue weighted by molar-refractivity contribution is 5.93. The van der Waals surface area contributed by atoms with Crippen LogP contribution in [0, 0.1) is 0 Å². The van der Waals surface area contributed by atoms with Crippen molar-refractivity contribution < 1.29 is 19.8 Å². The topological polar surface area (TPSA) is 77.8 Å². The summed E-state index contributed by atoms with van der Waals surface area (Å²) in [5.41, 5.74) is 0. The van der Waals surface area contributed by atoms with Crippen molar-refractivity contribution in [3.05, 3.63) is 0 Å². The van der Waals surface area contributed by atoms with Crippen molar-refractivity contribution in [3.63, 3.8) is 0 Å². The maximum absolute atomic E-state index is 11.4. The monoisotopic (exact) mass is 201 g/mol. The van der Waals surface area contributed by atoms with Crippen molar-refractivity contribution in [3.8, 4) is 0 Å². The summed E-state index contributed by atoms with van der Waals surface area (Å²) in [6.07, 6.45) is 2.44. The number of hydrogen-bond donors (Lipinski definition) is 2. The zero-order valence-corrected chi connectivity index (χ0v) is 7.98. The second kappa shape index (κ2) is 4.95. The quantitative estimate of drug-likeness (QED) is 0.605. The van der Waals surface area contributed by atoms with Gasteiger partial charge >= 0.3 is 5.97 Å². The molecule has 0 aromatic heterocycles. The zero-order valence-electron chi connectivity index (χ0n) is 7.98. The van der Waals surface area contributed by atoms with Crippen LogP contribution < -0.4 is 0 Å². The van der Waals surface area contributed by atoms with Crippen LogP contribution in [0.5, 0.6) is 0 Å². The van der Waals surface area contributed by atoms with E-state index < -0.39 is 18.3 Å². The van der Waals surface area contributed by atoms with Crippen LogP contribution in [0.1, 0.15) is 25.7 Å². The smallest absolute Gasteiger partial charge is 0.312 e. The van der Waals surface area contributed by atoms with Gasteiger partial charge in [0.2, 0.25) is 5.91 Å². The standard InChI is InChI=1S/C9H15NO4/c11-5-4-10(7-2-1-3-7)8(12)6-9(13)14/h7,11H,1-6H2,(H,13,14). The van der Waals surface area contributed by atoms with E-state index in [1.165, 1.54) is 4.90 Å². The first-order valence-corrected chi connectivity index (χ1v) is 4.77. The van der Waals surface area contributed by atoms with E-state index in [4.69, 9.17) is 10.2 Å². The van der Waals surface area contributed by atoms with Gasteiger partial charge in [-0.05, 0) is 19.3 Å². The Morgan fingerprint density at radius 3 is 2.36 bits per heavy atom. The Labute approximate surface area is 82.3 Å². The van der Waals surface area contributed by atoms with Crippen LogP contribution >= 0.6 is 0 Å². The highest BCUT2D eigenvalue weighted by atomic mass is 16.4. The summed E-state index contributed by atoms with van der Waals surface area (Å²) in [5.74, 6) is -1.51. The average Bonchev–Trinajstić information content (AvgIpc) is 1.98. The number of carbonyl (C=O) groups excluding carboxylic acids is 1. The zero-order chi connectivity index (χ0) is 10.6. The minimum atomic E-state index is -1.11.